The Bertz CT molecular complexity index is 809. The average molecular weight is 324 g/mol. The molecule has 3 rings (SSSR count). The normalized spacial score (nSPS) is 10.6. The number of oxazole rings is 1. The van der Waals surface area contributed by atoms with Gasteiger partial charge >= 0.3 is 0 Å². The Balaban J connectivity index is 1.75. The lowest BCUT2D eigenvalue weighted by Crippen LogP contribution is -2.24. The van der Waals surface area contributed by atoms with Crippen LogP contribution in [0.2, 0.25) is 0 Å². The Morgan fingerprint density at radius 1 is 1.22 bits per heavy atom. The minimum absolute atomic E-state index is 0.0985. The molecule has 23 heavy (non-hydrogen) atoms. The van der Waals surface area contributed by atoms with Crippen LogP contribution in [0, 0.1) is 0 Å². The van der Waals surface area contributed by atoms with Gasteiger partial charge in [0.2, 0.25) is 0 Å². The Morgan fingerprint density at radius 3 is 2.83 bits per heavy atom. The molecular weight excluding hydrogens is 308 g/mol. The van der Waals surface area contributed by atoms with Gasteiger partial charge in [-0.25, -0.2) is 4.98 Å². The predicted octanol–water partition coefficient (Wildman–Crippen LogP) is 4.04. The molecular formula is C18H16N2O2S. The number of nitrogens with zero attached hydrogens (tertiary/aromatic N) is 1. The average Bonchev–Trinajstić information content (AvgIpc) is 3.01. The molecule has 1 amide bonds. The molecule has 0 aliphatic carbocycles. The molecule has 0 bridgehead atoms. The molecule has 4 nitrogen and oxygen atoms in total. The van der Waals surface area contributed by atoms with Crippen molar-refractivity contribution in [1.82, 2.24) is 10.3 Å². The van der Waals surface area contributed by atoms with Gasteiger partial charge in [0.25, 0.3) is 11.1 Å². The smallest absolute Gasteiger partial charge is 0.257 e. The number of nitrogens with one attached hydrogen (secondary N) is 1. The van der Waals surface area contributed by atoms with Crippen molar-refractivity contribution in [3.63, 3.8) is 0 Å². The summed E-state index contributed by atoms with van der Waals surface area (Å²) in [6.45, 7) is 4.06. The number of thioether (sulfide) groups is 1. The highest BCUT2D eigenvalue weighted by Crippen LogP contribution is 2.27. The largest absolute Gasteiger partial charge is 0.431 e. The number of fused-ring (bicyclic) bond motifs is 1. The van der Waals surface area contributed by atoms with Crippen molar-refractivity contribution in [2.75, 3.05) is 6.54 Å². The molecule has 0 atom stereocenters. The molecule has 1 aromatic heterocycles. The molecule has 0 radical (unpaired) electrons. The van der Waals surface area contributed by atoms with E-state index < -0.39 is 0 Å². The summed E-state index contributed by atoms with van der Waals surface area (Å²) in [5.74, 6) is 0.517. The van der Waals surface area contributed by atoms with E-state index in [4.69, 9.17) is 4.42 Å². The first-order chi connectivity index (χ1) is 11.3. The zero-order valence-electron chi connectivity index (χ0n) is 12.5. The highest BCUT2D eigenvalue weighted by molar-refractivity contribution is 7.98. The second kappa shape index (κ2) is 7.15. The van der Waals surface area contributed by atoms with E-state index in [2.05, 4.69) is 16.9 Å². The zero-order valence-corrected chi connectivity index (χ0v) is 13.3. The van der Waals surface area contributed by atoms with Gasteiger partial charge < -0.3 is 9.73 Å². The van der Waals surface area contributed by atoms with E-state index in [0.717, 1.165) is 16.7 Å². The third-order valence-electron chi connectivity index (χ3n) is 3.29. The molecule has 3 aromatic rings. The number of amides is 1. The van der Waals surface area contributed by atoms with Gasteiger partial charge in [0.15, 0.2) is 5.58 Å². The van der Waals surface area contributed by atoms with E-state index >= 15 is 0 Å². The first-order valence-corrected chi connectivity index (χ1v) is 8.22. The SMILES string of the molecule is C=CCNC(=O)c1ccccc1CSc1nc2ccccc2o1. The number of rotatable bonds is 6. The van der Waals surface area contributed by atoms with E-state index in [0.29, 0.717) is 23.1 Å². The summed E-state index contributed by atoms with van der Waals surface area (Å²) in [6.07, 6.45) is 1.66. The third-order valence-corrected chi connectivity index (χ3v) is 4.17. The van der Waals surface area contributed by atoms with E-state index in [9.17, 15) is 4.79 Å². The standard InChI is InChI=1S/C18H16N2O2S/c1-2-11-19-17(21)14-8-4-3-7-13(14)12-23-18-20-15-9-5-6-10-16(15)22-18/h2-10H,1,11-12H2,(H,19,21). The van der Waals surface area contributed by atoms with Gasteiger partial charge in [-0.3, -0.25) is 4.79 Å². The van der Waals surface area contributed by atoms with Crippen LogP contribution in [-0.4, -0.2) is 17.4 Å². The maximum atomic E-state index is 12.2. The summed E-state index contributed by atoms with van der Waals surface area (Å²) in [7, 11) is 0. The summed E-state index contributed by atoms with van der Waals surface area (Å²) in [6, 6.07) is 15.2. The van der Waals surface area contributed by atoms with Crippen molar-refractivity contribution in [1.29, 1.82) is 0 Å². The minimum atomic E-state index is -0.0985. The van der Waals surface area contributed by atoms with Gasteiger partial charge in [-0.2, -0.15) is 0 Å². The van der Waals surface area contributed by atoms with E-state index in [1.165, 1.54) is 11.8 Å². The molecule has 0 fully saturated rings. The summed E-state index contributed by atoms with van der Waals surface area (Å²) < 4.78 is 5.69. The Labute approximate surface area is 138 Å². The molecule has 0 aliphatic heterocycles. The van der Waals surface area contributed by atoms with Crippen LogP contribution in [0.15, 0.2) is 70.8 Å². The van der Waals surface area contributed by atoms with Gasteiger partial charge in [0, 0.05) is 17.9 Å². The van der Waals surface area contributed by atoms with Crippen LogP contribution < -0.4 is 5.32 Å². The fourth-order valence-electron chi connectivity index (χ4n) is 2.18. The molecule has 116 valence electrons. The van der Waals surface area contributed by atoms with Crippen molar-refractivity contribution in [3.8, 4) is 0 Å². The number of para-hydroxylation sites is 2. The molecule has 0 saturated heterocycles. The van der Waals surface area contributed by atoms with Gasteiger partial charge in [-0.05, 0) is 23.8 Å². The third kappa shape index (κ3) is 3.63. The maximum Gasteiger partial charge on any atom is 0.257 e. The van der Waals surface area contributed by atoms with E-state index in [1.54, 1.807) is 6.08 Å². The zero-order chi connectivity index (χ0) is 16.1. The van der Waals surface area contributed by atoms with Crippen molar-refractivity contribution in [2.45, 2.75) is 11.0 Å². The number of hydrogen-bond acceptors (Lipinski definition) is 4. The first kappa shape index (κ1) is 15.4. The molecule has 0 aliphatic rings. The van der Waals surface area contributed by atoms with E-state index in [1.807, 2.05) is 48.5 Å². The Morgan fingerprint density at radius 2 is 2.00 bits per heavy atom. The van der Waals surface area contributed by atoms with Gasteiger partial charge in [-0.1, -0.05) is 48.2 Å². The first-order valence-electron chi connectivity index (χ1n) is 7.23. The molecule has 0 unspecified atom stereocenters. The van der Waals surface area contributed by atoms with Crippen molar-refractivity contribution < 1.29 is 9.21 Å². The van der Waals surface area contributed by atoms with Crippen LogP contribution in [0.1, 0.15) is 15.9 Å². The Hall–Kier alpha value is -2.53. The van der Waals surface area contributed by atoms with Crippen LogP contribution in [0.4, 0.5) is 0 Å². The molecule has 0 saturated carbocycles. The topological polar surface area (TPSA) is 55.1 Å². The molecule has 1 heterocycles. The number of carbonyl (C=O) groups is 1. The number of aromatic nitrogens is 1. The van der Waals surface area contributed by atoms with Gasteiger partial charge in [-0.15, -0.1) is 6.58 Å². The predicted molar refractivity (Wildman–Crippen MR) is 92.5 cm³/mol. The van der Waals surface area contributed by atoms with E-state index in [-0.39, 0.29) is 5.91 Å². The number of carbonyl (C=O) groups excluding carboxylic acids is 1. The number of benzene rings is 2. The summed E-state index contributed by atoms with van der Waals surface area (Å²) in [4.78, 5) is 16.6. The van der Waals surface area contributed by atoms with Crippen LogP contribution >= 0.6 is 11.8 Å². The highest BCUT2D eigenvalue weighted by atomic mass is 32.2. The van der Waals surface area contributed by atoms with Gasteiger partial charge in [0.1, 0.15) is 5.52 Å². The lowest BCUT2D eigenvalue weighted by atomic mass is 10.1. The van der Waals surface area contributed by atoms with Gasteiger partial charge in [0.05, 0.1) is 0 Å². The lowest BCUT2D eigenvalue weighted by molar-refractivity contribution is 0.0957. The maximum absolute atomic E-state index is 12.2. The van der Waals surface area contributed by atoms with Crippen LogP contribution in [0.5, 0.6) is 0 Å². The fraction of sp³-hybridized carbons (Fsp3) is 0.111. The van der Waals surface area contributed by atoms with Crippen LogP contribution in [0.3, 0.4) is 0 Å². The second-order valence-corrected chi connectivity index (χ2v) is 5.82. The molecule has 0 spiro atoms. The quantitative estimate of drug-likeness (QED) is 0.549. The van der Waals surface area contributed by atoms with Crippen molar-refractivity contribution in [2.24, 2.45) is 0 Å². The molecule has 2 aromatic carbocycles. The molecule has 5 heteroatoms. The number of hydrogen-bond donors (Lipinski definition) is 1. The summed E-state index contributed by atoms with van der Waals surface area (Å²) in [5, 5.41) is 3.41. The van der Waals surface area contributed by atoms with Crippen LogP contribution in [0.25, 0.3) is 11.1 Å². The second-order valence-electron chi connectivity index (χ2n) is 4.89. The van der Waals surface area contributed by atoms with Crippen molar-refractivity contribution in [3.05, 3.63) is 72.3 Å². The summed E-state index contributed by atoms with van der Waals surface area (Å²) in [5.41, 5.74) is 3.22. The molecule has 1 N–H and O–H groups in total. The lowest BCUT2D eigenvalue weighted by Gasteiger charge is -2.08. The fourth-order valence-corrected chi connectivity index (χ4v) is 3.02. The summed E-state index contributed by atoms with van der Waals surface area (Å²) >= 11 is 1.48. The minimum Gasteiger partial charge on any atom is -0.431 e. The van der Waals surface area contributed by atoms with Crippen LogP contribution in [-0.2, 0) is 5.75 Å². The monoisotopic (exact) mass is 324 g/mol. The highest BCUT2D eigenvalue weighted by Gasteiger charge is 2.12. The Kier molecular flexibility index (Phi) is 4.78. The van der Waals surface area contributed by atoms with Crippen molar-refractivity contribution >= 4 is 28.8 Å².